The number of hydrogen-bond acceptors (Lipinski definition) is 1. The summed E-state index contributed by atoms with van der Waals surface area (Å²) in [4.78, 5) is 10.9. The van der Waals surface area contributed by atoms with Gasteiger partial charge in [-0.1, -0.05) is 11.6 Å². The lowest BCUT2D eigenvalue weighted by atomic mass is 10.1. The van der Waals surface area contributed by atoms with Crippen LogP contribution in [0.4, 0.5) is 0 Å². The molecule has 2 N–H and O–H groups in total. The van der Waals surface area contributed by atoms with Crippen LogP contribution in [0.5, 0.6) is 0 Å². The summed E-state index contributed by atoms with van der Waals surface area (Å²) < 4.78 is 0.639. The number of rotatable bonds is 1. The van der Waals surface area contributed by atoms with Crippen molar-refractivity contribution in [1.82, 2.24) is 0 Å². The number of nitrogens with two attached hydrogens (primary N) is 1. The molecule has 0 saturated heterocycles. The van der Waals surface area contributed by atoms with E-state index in [1.807, 2.05) is 6.92 Å². The number of hydrogen-bond donors (Lipinski definition) is 1. The number of carbonyl (C=O) groups is 1. The second kappa shape index (κ2) is 3.46. The van der Waals surface area contributed by atoms with E-state index in [2.05, 4.69) is 15.9 Å². The number of halogens is 2. The van der Waals surface area contributed by atoms with Gasteiger partial charge in [-0.15, -0.1) is 0 Å². The van der Waals surface area contributed by atoms with Crippen molar-refractivity contribution < 1.29 is 4.79 Å². The first-order valence-corrected chi connectivity index (χ1v) is 4.45. The molecule has 0 spiro atoms. The van der Waals surface area contributed by atoms with E-state index in [1.54, 1.807) is 12.1 Å². The molecule has 0 bridgehead atoms. The first-order valence-electron chi connectivity index (χ1n) is 3.28. The van der Waals surface area contributed by atoms with Gasteiger partial charge >= 0.3 is 0 Å². The highest BCUT2D eigenvalue weighted by Crippen LogP contribution is 2.25. The van der Waals surface area contributed by atoms with Crippen molar-refractivity contribution in [1.29, 1.82) is 0 Å². The van der Waals surface area contributed by atoms with Crippen LogP contribution in [-0.4, -0.2) is 5.91 Å². The number of amides is 1. The Morgan fingerprint density at radius 2 is 2.17 bits per heavy atom. The van der Waals surface area contributed by atoms with E-state index in [0.29, 0.717) is 15.1 Å². The number of carbonyl (C=O) groups excluding carboxylic acids is 1. The lowest BCUT2D eigenvalue weighted by Gasteiger charge is -2.03. The Morgan fingerprint density at radius 3 is 2.58 bits per heavy atom. The van der Waals surface area contributed by atoms with Gasteiger partial charge in [-0.05, 0) is 40.5 Å². The van der Waals surface area contributed by atoms with E-state index in [0.717, 1.165) is 5.56 Å². The van der Waals surface area contributed by atoms with Crippen LogP contribution in [0.2, 0.25) is 5.02 Å². The van der Waals surface area contributed by atoms with Crippen molar-refractivity contribution in [2.75, 3.05) is 0 Å². The maximum Gasteiger partial charge on any atom is 0.251 e. The van der Waals surface area contributed by atoms with Crippen molar-refractivity contribution in [2.24, 2.45) is 5.73 Å². The van der Waals surface area contributed by atoms with Gasteiger partial charge < -0.3 is 5.73 Å². The average Bonchev–Trinajstić information content (AvgIpc) is 1.82. The highest BCUT2D eigenvalue weighted by molar-refractivity contribution is 9.10. The summed E-state index contributed by atoms with van der Waals surface area (Å²) in [5.74, 6) is -0.521. The van der Waals surface area contributed by atoms with Crippen LogP contribution in [0.15, 0.2) is 16.6 Å². The van der Waals surface area contributed by atoms with Crippen LogP contribution in [-0.2, 0) is 0 Å². The summed E-state index contributed by atoms with van der Waals surface area (Å²) in [5.41, 5.74) is 6.43. The summed E-state index contributed by atoms with van der Waals surface area (Å²) in [5, 5.41) is 0.384. The molecule has 0 fully saturated rings. The third kappa shape index (κ3) is 1.79. The van der Waals surface area contributed by atoms with Crippen LogP contribution in [0.1, 0.15) is 15.9 Å². The third-order valence-electron chi connectivity index (χ3n) is 1.43. The zero-order chi connectivity index (χ0) is 9.30. The molecule has 0 saturated carbocycles. The van der Waals surface area contributed by atoms with Crippen LogP contribution in [0.25, 0.3) is 0 Å². The molecule has 0 aliphatic rings. The summed E-state index contributed by atoms with van der Waals surface area (Å²) in [6.45, 7) is 1.89. The summed E-state index contributed by atoms with van der Waals surface area (Å²) >= 11 is 9.01. The molecule has 1 aromatic rings. The van der Waals surface area contributed by atoms with Crippen LogP contribution >= 0.6 is 27.5 Å². The Morgan fingerprint density at radius 1 is 1.58 bits per heavy atom. The Bertz CT molecular complexity index is 315. The van der Waals surface area contributed by atoms with E-state index >= 15 is 0 Å². The van der Waals surface area contributed by atoms with E-state index in [-0.39, 0.29) is 0 Å². The molecule has 1 amide bonds. The van der Waals surface area contributed by atoms with Crippen LogP contribution in [0.3, 0.4) is 0 Å². The minimum absolute atomic E-state index is 0.335. The second-order valence-electron chi connectivity index (χ2n) is 2.47. The fraction of sp³-hybridized carbons (Fsp3) is 0.125. The molecule has 12 heavy (non-hydrogen) atoms. The molecular formula is C8H7BrClNO. The van der Waals surface area contributed by atoms with Gasteiger partial charge in [-0.25, -0.2) is 0 Å². The smallest absolute Gasteiger partial charge is 0.251 e. The standard InChI is InChI=1S/C8H7BrClNO/c1-4-2-5(9)7(8(11)12)6(10)3-4/h2-3H,1H3,(H2,11,12). The molecule has 0 aliphatic carbocycles. The molecule has 0 unspecified atom stereocenters. The molecule has 64 valence electrons. The van der Waals surface area contributed by atoms with Gasteiger partial charge in [0.25, 0.3) is 5.91 Å². The molecule has 0 aromatic heterocycles. The Hall–Kier alpha value is -0.540. The van der Waals surface area contributed by atoms with Gasteiger partial charge in [0.05, 0.1) is 10.6 Å². The molecule has 0 atom stereocenters. The van der Waals surface area contributed by atoms with E-state index in [9.17, 15) is 4.79 Å². The Balaban J connectivity index is 3.38. The molecule has 0 radical (unpaired) electrons. The van der Waals surface area contributed by atoms with E-state index in [1.165, 1.54) is 0 Å². The van der Waals surface area contributed by atoms with Crippen molar-refractivity contribution >= 4 is 33.4 Å². The topological polar surface area (TPSA) is 43.1 Å². The highest BCUT2D eigenvalue weighted by Gasteiger charge is 2.11. The lowest BCUT2D eigenvalue weighted by molar-refractivity contribution is 0.0999. The van der Waals surface area contributed by atoms with Crippen molar-refractivity contribution in [3.63, 3.8) is 0 Å². The fourth-order valence-corrected chi connectivity index (χ4v) is 2.19. The van der Waals surface area contributed by atoms with E-state index in [4.69, 9.17) is 17.3 Å². The summed E-state index contributed by atoms with van der Waals surface area (Å²) in [6.07, 6.45) is 0. The van der Waals surface area contributed by atoms with Gasteiger partial charge in [0.2, 0.25) is 0 Å². The summed E-state index contributed by atoms with van der Waals surface area (Å²) in [7, 11) is 0. The Labute approximate surface area is 83.8 Å². The first-order chi connectivity index (χ1) is 5.52. The predicted octanol–water partition coefficient (Wildman–Crippen LogP) is 2.51. The monoisotopic (exact) mass is 247 g/mol. The van der Waals surface area contributed by atoms with Gasteiger partial charge in [-0.2, -0.15) is 0 Å². The minimum atomic E-state index is -0.521. The van der Waals surface area contributed by atoms with Crippen molar-refractivity contribution in [2.45, 2.75) is 6.92 Å². The number of primary amides is 1. The van der Waals surface area contributed by atoms with E-state index < -0.39 is 5.91 Å². The Kier molecular flexibility index (Phi) is 2.75. The van der Waals surface area contributed by atoms with Gasteiger partial charge in [-0.3, -0.25) is 4.79 Å². The van der Waals surface area contributed by atoms with Gasteiger partial charge in [0.1, 0.15) is 0 Å². The lowest BCUT2D eigenvalue weighted by Crippen LogP contribution is -2.12. The van der Waals surface area contributed by atoms with Crippen molar-refractivity contribution in [3.05, 3.63) is 32.8 Å². The maximum absolute atomic E-state index is 10.9. The molecule has 1 aromatic carbocycles. The average molecular weight is 249 g/mol. The normalized spacial score (nSPS) is 9.92. The zero-order valence-electron chi connectivity index (χ0n) is 6.40. The molecular weight excluding hydrogens is 241 g/mol. The predicted molar refractivity (Wildman–Crippen MR) is 52.4 cm³/mol. The molecule has 0 aliphatic heterocycles. The zero-order valence-corrected chi connectivity index (χ0v) is 8.74. The van der Waals surface area contributed by atoms with Crippen LogP contribution in [0, 0.1) is 6.92 Å². The largest absolute Gasteiger partial charge is 0.366 e. The summed E-state index contributed by atoms with van der Waals surface area (Å²) in [6, 6.07) is 3.50. The van der Waals surface area contributed by atoms with Crippen LogP contribution < -0.4 is 5.73 Å². The molecule has 1 rings (SSSR count). The SMILES string of the molecule is Cc1cc(Cl)c(C(N)=O)c(Br)c1. The first kappa shape index (κ1) is 9.55. The maximum atomic E-state index is 10.9. The number of aryl methyl sites for hydroxylation is 1. The molecule has 4 heteroatoms. The van der Waals surface area contributed by atoms with Gasteiger partial charge in [0.15, 0.2) is 0 Å². The van der Waals surface area contributed by atoms with Crippen molar-refractivity contribution in [3.8, 4) is 0 Å². The van der Waals surface area contributed by atoms with Gasteiger partial charge in [0, 0.05) is 4.47 Å². The molecule has 2 nitrogen and oxygen atoms in total. The minimum Gasteiger partial charge on any atom is -0.366 e. The fourth-order valence-electron chi connectivity index (χ4n) is 0.935. The quantitative estimate of drug-likeness (QED) is 0.815. The second-order valence-corrected chi connectivity index (χ2v) is 3.73. The highest BCUT2D eigenvalue weighted by atomic mass is 79.9. The number of benzene rings is 1. The third-order valence-corrected chi connectivity index (χ3v) is 2.36. The molecule has 0 heterocycles.